The number of ether oxygens (including phenoxy) is 1. The van der Waals surface area contributed by atoms with Gasteiger partial charge in [0, 0.05) is 17.6 Å². The Balaban J connectivity index is 2.18. The number of rotatable bonds is 3. The largest absolute Gasteiger partial charge is 0.465 e. The van der Waals surface area contributed by atoms with Crippen molar-refractivity contribution in [3.63, 3.8) is 0 Å². The Morgan fingerprint density at radius 1 is 1.53 bits per heavy atom. The SMILES string of the molecule is COC(=O)c1ccc(Br)cc1CN1CCCC(C)C1. The number of methoxy groups -OCH3 is 1. The summed E-state index contributed by atoms with van der Waals surface area (Å²) in [6.07, 6.45) is 2.54. The highest BCUT2D eigenvalue weighted by molar-refractivity contribution is 9.10. The van der Waals surface area contributed by atoms with Gasteiger partial charge in [-0.15, -0.1) is 0 Å². The van der Waals surface area contributed by atoms with E-state index in [1.54, 1.807) is 0 Å². The first kappa shape index (κ1) is 14.5. The predicted octanol–water partition coefficient (Wildman–Crippen LogP) is 3.47. The number of carbonyl (C=O) groups excluding carboxylic acids is 1. The third-order valence-electron chi connectivity index (χ3n) is 3.61. The summed E-state index contributed by atoms with van der Waals surface area (Å²) in [5.74, 6) is 0.482. The van der Waals surface area contributed by atoms with E-state index in [1.807, 2.05) is 18.2 Å². The smallest absolute Gasteiger partial charge is 0.338 e. The molecule has 1 atom stereocenters. The zero-order chi connectivity index (χ0) is 13.8. The van der Waals surface area contributed by atoms with Gasteiger partial charge in [-0.05, 0) is 49.1 Å². The van der Waals surface area contributed by atoms with Gasteiger partial charge in [-0.1, -0.05) is 22.9 Å². The van der Waals surface area contributed by atoms with Crippen molar-refractivity contribution in [2.24, 2.45) is 5.92 Å². The summed E-state index contributed by atoms with van der Waals surface area (Å²) >= 11 is 3.47. The molecule has 0 radical (unpaired) electrons. The van der Waals surface area contributed by atoms with Crippen molar-refractivity contribution >= 4 is 21.9 Å². The van der Waals surface area contributed by atoms with E-state index in [4.69, 9.17) is 4.74 Å². The molecular formula is C15H20BrNO2. The van der Waals surface area contributed by atoms with Crippen LogP contribution in [-0.4, -0.2) is 31.1 Å². The monoisotopic (exact) mass is 325 g/mol. The predicted molar refractivity (Wildman–Crippen MR) is 79.2 cm³/mol. The van der Waals surface area contributed by atoms with Crippen LogP contribution in [0.3, 0.4) is 0 Å². The number of esters is 1. The van der Waals surface area contributed by atoms with Gasteiger partial charge in [-0.25, -0.2) is 4.79 Å². The van der Waals surface area contributed by atoms with Crippen LogP contribution in [0.2, 0.25) is 0 Å². The molecule has 104 valence electrons. The number of hydrogen-bond acceptors (Lipinski definition) is 3. The van der Waals surface area contributed by atoms with Gasteiger partial charge in [-0.2, -0.15) is 0 Å². The van der Waals surface area contributed by atoms with Gasteiger partial charge in [0.1, 0.15) is 0 Å². The normalized spacial score (nSPS) is 20.3. The molecule has 19 heavy (non-hydrogen) atoms. The zero-order valence-corrected chi connectivity index (χ0v) is 13.1. The lowest BCUT2D eigenvalue weighted by Gasteiger charge is -2.31. The summed E-state index contributed by atoms with van der Waals surface area (Å²) in [6.45, 7) is 5.31. The van der Waals surface area contributed by atoms with E-state index in [9.17, 15) is 4.79 Å². The van der Waals surface area contributed by atoms with Crippen LogP contribution in [0.15, 0.2) is 22.7 Å². The minimum Gasteiger partial charge on any atom is -0.465 e. The lowest BCUT2D eigenvalue weighted by molar-refractivity contribution is 0.0597. The molecular weight excluding hydrogens is 306 g/mol. The Morgan fingerprint density at radius 3 is 3.00 bits per heavy atom. The van der Waals surface area contributed by atoms with Gasteiger partial charge in [-0.3, -0.25) is 4.90 Å². The summed E-state index contributed by atoms with van der Waals surface area (Å²) in [4.78, 5) is 14.2. The van der Waals surface area contributed by atoms with Gasteiger partial charge in [0.25, 0.3) is 0 Å². The highest BCUT2D eigenvalue weighted by Crippen LogP contribution is 2.22. The maximum absolute atomic E-state index is 11.8. The highest BCUT2D eigenvalue weighted by atomic mass is 79.9. The van der Waals surface area contributed by atoms with Crippen molar-refractivity contribution in [3.8, 4) is 0 Å². The fourth-order valence-electron chi connectivity index (χ4n) is 2.67. The number of halogens is 1. The van der Waals surface area contributed by atoms with Gasteiger partial charge in [0.05, 0.1) is 12.7 Å². The number of piperidine rings is 1. The Kier molecular flexibility index (Phi) is 4.99. The molecule has 4 heteroatoms. The molecule has 0 N–H and O–H groups in total. The quantitative estimate of drug-likeness (QED) is 0.797. The molecule has 0 aliphatic carbocycles. The molecule has 1 aliphatic rings. The second-order valence-electron chi connectivity index (χ2n) is 5.28. The standard InChI is InChI=1S/C15H20BrNO2/c1-11-4-3-7-17(9-11)10-12-8-13(16)5-6-14(12)15(18)19-2/h5-6,8,11H,3-4,7,9-10H2,1-2H3. The maximum atomic E-state index is 11.8. The van der Waals surface area contributed by atoms with Gasteiger partial charge >= 0.3 is 5.97 Å². The van der Waals surface area contributed by atoms with E-state index in [1.165, 1.54) is 20.0 Å². The van der Waals surface area contributed by atoms with Crippen LogP contribution in [-0.2, 0) is 11.3 Å². The summed E-state index contributed by atoms with van der Waals surface area (Å²) in [5, 5.41) is 0. The molecule has 1 aromatic carbocycles. The molecule has 1 saturated heterocycles. The van der Waals surface area contributed by atoms with Crippen molar-refractivity contribution < 1.29 is 9.53 Å². The second kappa shape index (κ2) is 6.53. The van der Waals surface area contributed by atoms with Crippen LogP contribution in [0.25, 0.3) is 0 Å². The van der Waals surface area contributed by atoms with Crippen LogP contribution >= 0.6 is 15.9 Å². The average molecular weight is 326 g/mol. The number of hydrogen-bond donors (Lipinski definition) is 0. The molecule has 1 fully saturated rings. The fourth-order valence-corrected chi connectivity index (χ4v) is 3.08. The van der Waals surface area contributed by atoms with Crippen molar-refractivity contribution in [3.05, 3.63) is 33.8 Å². The molecule has 0 spiro atoms. The Morgan fingerprint density at radius 2 is 2.32 bits per heavy atom. The van der Waals surface area contributed by atoms with Gasteiger partial charge in [0.2, 0.25) is 0 Å². The molecule has 0 amide bonds. The summed E-state index contributed by atoms with van der Waals surface area (Å²) in [7, 11) is 1.43. The zero-order valence-electron chi connectivity index (χ0n) is 11.5. The summed E-state index contributed by atoms with van der Waals surface area (Å²) in [6, 6.07) is 5.73. The third kappa shape index (κ3) is 3.80. The van der Waals surface area contributed by atoms with Crippen LogP contribution < -0.4 is 0 Å². The first-order valence-corrected chi connectivity index (χ1v) is 7.48. The molecule has 2 rings (SSSR count). The summed E-state index contributed by atoms with van der Waals surface area (Å²) in [5.41, 5.74) is 1.71. The molecule has 0 saturated carbocycles. The van der Waals surface area contributed by atoms with Gasteiger partial charge in [0.15, 0.2) is 0 Å². The Labute approximate surface area is 123 Å². The maximum Gasteiger partial charge on any atom is 0.338 e. The Bertz CT molecular complexity index is 461. The molecule has 1 unspecified atom stereocenters. The summed E-state index contributed by atoms with van der Waals surface area (Å²) < 4.78 is 5.85. The lowest BCUT2D eigenvalue weighted by atomic mass is 9.99. The molecule has 1 aliphatic heterocycles. The second-order valence-corrected chi connectivity index (χ2v) is 6.19. The van der Waals surface area contributed by atoms with Crippen LogP contribution in [0, 0.1) is 5.92 Å². The van der Waals surface area contributed by atoms with Crippen molar-refractivity contribution in [1.82, 2.24) is 4.90 Å². The van der Waals surface area contributed by atoms with Gasteiger partial charge < -0.3 is 4.74 Å². The molecule has 0 bridgehead atoms. The first-order chi connectivity index (χ1) is 9.10. The third-order valence-corrected chi connectivity index (χ3v) is 4.10. The number of benzene rings is 1. The van der Waals surface area contributed by atoms with Crippen molar-refractivity contribution in [2.75, 3.05) is 20.2 Å². The fraction of sp³-hybridized carbons (Fsp3) is 0.533. The number of carbonyl (C=O) groups is 1. The van der Waals surface area contributed by atoms with Crippen molar-refractivity contribution in [1.29, 1.82) is 0 Å². The van der Waals surface area contributed by atoms with E-state index >= 15 is 0 Å². The van der Waals surface area contributed by atoms with E-state index in [0.717, 1.165) is 35.6 Å². The molecule has 3 nitrogen and oxygen atoms in total. The average Bonchev–Trinajstić information content (AvgIpc) is 2.38. The first-order valence-electron chi connectivity index (χ1n) is 6.69. The van der Waals surface area contributed by atoms with E-state index < -0.39 is 0 Å². The lowest BCUT2D eigenvalue weighted by Crippen LogP contribution is -2.34. The van der Waals surface area contributed by atoms with E-state index in [2.05, 4.69) is 27.8 Å². The molecule has 1 heterocycles. The van der Waals surface area contributed by atoms with Crippen LogP contribution in [0.1, 0.15) is 35.7 Å². The minimum atomic E-state index is -0.257. The molecule has 0 aromatic heterocycles. The highest BCUT2D eigenvalue weighted by Gasteiger charge is 2.19. The van der Waals surface area contributed by atoms with E-state index in [0.29, 0.717) is 5.56 Å². The number of likely N-dealkylation sites (tertiary alicyclic amines) is 1. The van der Waals surface area contributed by atoms with Crippen molar-refractivity contribution in [2.45, 2.75) is 26.3 Å². The number of nitrogens with zero attached hydrogens (tertiary/aromatic N) is 1. The molecule has 1 aromatic rings. The topological polar surface area (TPSA) is 29.5 Å². The minimum absolute atomic E-state index is 0.257. The van der Waals surface area contributed by atoms with Crippen LogP contribution in [0.4, 0.5) is 0 Å². The van der Waals surface area contributed by atoms with Crippen LogP contribution in [0.5, 0.6) is 0 Å². The van der Waals surface area contributed by atoms with E-state index in [-0.39, 0.29) is 5.97 Å². The Hall–Kier alpha value is -0.870.